The molecule has 90 valence electrons. The van der Waals surface area contributed by atoms with Crippen LogP contribution in [0.4, 0.5) is 4.39 Å². The zero-order valence-corrected chi connectivity index (χ0v) is 11.2. The van der Waals surface area contributed by atoms with E-state index in [0.29, 0.717) is 11.1 Å². The molecule has 0 heterocycles. The summed E-state index contributed by atoms with van der Waals surface area (Å²) in [5.74, 6) is 1.87. The first kappa shape index (κ1) is 13.8. The molecule has 0 aliphatic carbocycles. The molecule has 0 amide bonds. The largest absolute Gasteiger partial charge is 0.316 e. The second kappa shape index (κ2) is 7.15. The molecule has 1 aromatic rings. The molecule has 1 atom stereocenters. The Balaban J connectivity index is 2.62. The van der Waals surface area contributed by atoms with Crippen molar-refractivity contribution >= 4 is 23.4 Å². The third-order valence-electron chi connectivity index (χ3n) is 2.41. The maximum atomic E-state index is 12.9. The first-order valence-electron chi connectivity index (χ1n) is 5.36. The molecular formula is C12H17ClFNS. The maximum Gasteiger partial charge on any atom is 0.124 e. The molecule has 0 saturated heterocycles. The smallest absolute Gasteiger partial charge is 0.124 e. The van der Waals surface area contributed by atoms with Crippen LogP contribution in [0.25, 0.3) is 0 Å². The van der Waals surface area contributed by atoms with Gasteiger partial charge in [-0.3, -0.25) is 0 Å². The predicted octanol–water partition coefficient (Wildman–Crippen LogP) is 3.36. The molecule has 4 heteroatoms. The molecule has 16 heavy (non-hydrogen) atoms. The highest BCUT2D eigenvalue weighted by Gasteiger charge is 2.10. The van der Waals surface area contributed by atoms with Gasteiger partial charge in [0.2, 0.25) is 0 Å². The van der Waals surface area contributed by atoms with Gasteiger partial charge >= 0.3 is 0 Å². The fourth-order valence-corrected chi connectivity index (χ4v) is 2.51. The van der Waals surface area contributed by atoms with Crippen LogP contribution in [0, 0.1) is 5.82 Å². The van der Waals surface area contributed by atoms with Crippen molar-refractivity contribution in [3.05, 3.63) is 34.6 Å². The quantitative estimate of drug-likeness (QED) is 0.843. The predicted molar refractivity (Wildman–Crippen MR) is 71.0 cm³/mol. The van der Waals surface area contributed by atoms with Gasteiger partial charge in [0.05, 0.1) is 0 Å². The number of rotatable bonds is 6. The topological polar surface area (TPSA) is 12.0 Å². The van der Waals surface area contributed by atoms with Gasteiger partial charge in [-0.2, -0.15) is 11.8 Å². The number of likely N-dealkylation sites (N-methyl/N-ethyl adjacent to an activating group) is 1. The maximum absolute atomic E-state index is 12.9. The summed E-state index contributed by atoms with van der Waals surface area (Å²) in [5.41, 5.74) is 0.999. The molecule has 0 radical (unpaired) electrons. The van der Waals surface area contributed by atoms with Crippen molar-refractivity contribution in [3.63, 3.8) is 0 Å². The van der Waals surface area contributed by atoms with E-state index in [9.17, 15) is 4.39 Å². The van der Waals surface area contributed by atoms with Crippen LogP contribution in [0.2, 0.25) is 5.02 Å². The van der Waals surface area contributed by atoms with Crippen molar-refractivity contribution in [2.75, 3.05) is 18.6 Å². The number of halogens is 2. The minimum atomic E-state index is -0.280. The molecule has 0 saturated carbocycles. The molecule has 0 aromatic heterocycles. The Morgan fingerprint density at radius 1 is 1.50 bits per heavy atom. The number of hydrogen-bond acceptors (Lipinski definition) is 2. The molecule has 0 aliphatic rings. The average Bonchev–Trinajstić information content (AvgIpc) is 2.27. The number of nitrogens with one attached hydrogen (secondary N) is 1. The van der Waals surface area contributed by atoms with Crippen molar-refractivity contribution < 1.29 is 4.39 Å². The number of hydrogen-bond donors (Lipinski definition) is 1. The summed E-state index contributed by atoms with van der Waals surface area (Å²) in [6.45, 7) is 2.14. The van der Waals surface area contributed by atoms with Crippen LogP contribution < -0.4 is 5.32 Å². The van der Waals surface area contributed by atoms with Gasteiger partial charge in [0.15, 0.2) is 0 Å². The van der Waals surface area contributed by atoms with Gasteiger partial charge in [0.1, 0.15) is 5.82 Å². The summed E-state index contributed by atoms with van der Waals surface area (Å²) < 4.78 is 12.9. The van der Waals surface area contributed by atoms with Gasteiger partial charge in [-0.05, 0) is 36.9 Å². The van der Waals surface area contributed by atoms with E-state index < -0.39 is 0 Å². The van der Waals surface area contributed by atoms with Crippen LogP contribution in [0.1, 0.15) is 12.5 Å². The van der Waals surface area contributed by atoms with Crippen molar-refractivity contribution in [1.29, 1.82) is 0 Å². The lowest BCUT2D eigenvalue weighted by atomic mass is 10.1. The molecule has 0 spiro atoms. The summed E-state index contributed by atoms with van der Waals surface area (Å²) in [7, 11) is 1.94. The molecule has 0 bridgehead atoms. The normalized spacial score (nSPS) is 12.8. The zero-order chi connectivity index (χ0) is 12.0. The lowest BCUT2D eigenvalue weighted by molar-refractivity contribution is 0.610. The van der Waals surface area contributed by atoms with Gasteiger partial charge in [-0.1, -0.05) is 24.6 Å². The standard InChI is InChI=1S/C12H17ClFNS/c1-3-16-8-11(15-2)6-9-4-5-10(14)7-12(9)13/h4-5,7,11,15H,3,6,8H2,1-2H3. The van der Waals surface area contributed by atoms with E-state index in [1.807, 2.05) is 18.8 Å². The van der Waals surface area contributed by atoms with Gasteiger partial charge in [-0.15, -0.1) is 0 Å². The highest BCUT2D eigenvalue weighted by molar-refractivity contribution is 7.99. The Morgan fingerprint density at radius 3 is 2.81 bits per heavy atom. The Morgan fingerprint density at radius 2 is 2.25 bits per heavy atom. The summed E-state index contributed by atoms with van der Waals surface area (Å²) >= 11 is 7.88. The second-order valence-electron chi connectivity index (χ2n) is 3.58. The third kappa shape index (κ3) is 4.32. The summed E-state index contributed by atoms with van der Waals surface area (Å²) in [6, 6.07) is 4.98. The van der Waals surface area contributed by atoms with E-state index in [-0.39, 0.29) is 5.82 Å². The first-order valence-corrected chi connectivity index (χ1v) is 6.89. The highest BCUT2D eigenvalue weighted by atomic mass is 35.5. The lowest BCUT2D eigenvalue weighted by Crippen LogP contribution is -2.30. The summed E-state index contributed by atoms with van der Waals surface area (Å²) in [5, 5.41) is 3.77. The van der Waals surface area contributed by atoms with Crippen LogP contribution in [0.5, 0.6) is 0 Å². The van der Waals surface area contributed by atoms with Crippen molar-refractivity contribution in [2.24, 2.45) is 0 Å². The highest BCUT2D eigenvalue weighted by Crippen LogP contribution is 2.19. The molecule has 1 aromatic carbocycles. The molecular weight excluding hydrogens is 245 g/mol. The van der Waals surface area contributed by atoms with Crippen molar-refractivity contribution in [2.45, 2.75) is 19.4 Å². The minimum Gasteiger partial charge on any atom is -0.316 e. The third-order valence-corrected chi connectivity index (χ3v) is 3.81. The fourth-order valence-electron chi connectivity index (χ4n) is 1.46. The van der Waals surface area contributed by atoms with Gasteiger partial charge in [-0.25, -0.2) is 4.39 Å². The van der Waals surface area contributed by atoms with E-state index in [2.05, 4.69) is 12.2 Å². The molecule has 1 N–H and O–H groups in total. The molecule has 1 nitrogen and oxygen atoms in total. The number of thioether (sulfide) groups is 1. The average molecular weight is 262 g/mol. The van der Waals surface area contributed by atoms with E-state index in [0.717, 1.165) is 23.5 Å². The van der Waals surface area contributed by atoms with E-state index in [1.54, 1.807) is 6.07 Å². The molecule has 0 fully saturated rings. The van der Waals surface area contributed by atoms with Crippen molar-refractivity contribution in [3.8, 4) is 0 Å². The Labute approximate surface area is 106 Å². The van der Waals surface area contributed by atoms with Crippen molar-refractivity contribution in [1.82, 2.24) is 5.32 Å². The Hall–Kier alpha value is -0.250. The van der Waals surface area contributed by atoms with Crippen LogP contribution in [0.3, 0.4) is 0 Å². The van der Waals surface area contributed by atoms with Crippen LogP contribution >= 0.6 is 23.4 Å². The Kier molecular flexibility index (Phi) is 6.17. The van der Waals surface area contributed by atoms with Gasteiger partial charge in [0, 0.05) is 16.8 Å². The molecule has 1 rings (SSSR count). The van der Waals surface area contributed by atoms with E-state index >= 15 is 0 Å². The van der Waals surface area contributed by atoms with Crippen LogP contribution in [-0.4, -0.2) is 24.6 Å². The van der Waals surface area contributed by atoms with Crippen LogP contribution in [0.15, 0.2) is 18.2 Å². The molecule has 1 unspecified atom stereocenters. The monoisotopic (exact) mass is 261 g/mol. The summed E-state index contributed by atoms with van der Waals surface area (Å²) in [4.78, 5) is 0. The van der Waals surface area contributed by atoms with E-state index in [4.69, 9.17) is 11.6 Å². The SMILES string of the molecule is CCSCC(Cc1ccc(F)cc1Cl)NC. The minimum absolute atomic E-state index is 0.280. The summed E-state index contributed by atoms with van der Waals surface area (Å²) in [6.07, 6.45) is 0.836. The lowest BCUT2D eigenvalue weighted by Gasteiger charge is -2.16. The van der Waals surface area contributed by atoms with Gasteiger partial charge < -0.3 is 5.32 Å². The number of benzene rings is 1. The Bertz CT molecular complexity index is 333. The fraction of sp³-hybridized carbons (Fsp3) is 0.500. The first-order chi connectivity index (χ1) is 7.67. The van der Waals surface area contributed by atoms with E-state index in [1.165, 1.54) is 12.1 Å². The zero-order valence-electron chi connectivity index (χ0n) is 9.59. The molecule has 0 aliphatic heterocycles. The van der Waals surface area contributed by atoms with Gasteiger partial charge in [0.25, 0.3) is 0 Å². The second-order valence-corrected chi connectivity index (χ2v) is 5.31. The van der Waals surface area contributed by atoms with Crippen LogP contribution in [-0.2, 0) is 6.42 Å².